The average molecular weight is 404 g/mol. The van der Waals surface area contributed by atoms with Crippen LogP contribution in [0.1, 0.15) is 22.8 Å². The molecular weight excluding hydrogens is 389 g/mol. The molecule has 7 heteroatoms. The Morgan fingerprint density at radius 1 is 1.22 bits per heavy atom. The van der Waals surface area contributed by atoms with Crippen molar-refractivity contribution in [3.8, 4) is 0 Å². The maximum atomic E-state index is 13.8. The van der Waals surface area contributed by atoms with Crippen LogP contribution in [0.3, 0.4) is 0 Å². The Morgan fingerprint density at radius 2 is 2.00 bits per heavy atom. The Bertz CT molecular complexity index is 1020. The highest BCUT2D eigenvalue weighted by molar-refractivity contribution is 7.23. The number of esters is 1. The summed E-state index contributed by atoms with van der Waals surface area (Å²) in [5.41, 5.74) is 0.430. The monoisotopic (exact) mass is 403 g/mol. The SMILES string of the molecule is CCOC(=O)c1c(NC(=O)C=Cc2c(F)cccc2Cl)sc2ccccc12. The van der Waals surface area contributed by atoms with Crippen LogP contribution in [0.2, 0.25) is 5.02 Å². The van der Waals surface area contributed by atoms with Crippen LogP contribution in [-0.2, 0) is 9.53 Å². The number of nitrogens with one attached hydrogen (secondary N) is 1. The Hall–Kier alpha value is -2.70. The minimum Gasteiger partial charge on any atom is -0.462 e. The first-order chi connectivity index (χ1) is 13.0. The number of fused-ring (bicyclic) bond motifs is 1. The van der Waals surface area contributed by atoms with Crippen molar-refractivity contribution in [2.75, 3.05) is 11.9 Å². The lowest BCUT2D eigenvalue weighted by Gasteiger charge is -2.05. The third kappa shape index (κ3) is 4.18. The van der Waals surface area contributed by atoms with E-state index in [1.165, 1.54) is 41.7 Å². The van der Waals surface area contributed by atoms with Crippen molar-refractivity contribution < 1.29 is 18.7 Å². The number of thiophene rings is 1. The van der Waals surface area contributed by atoms with Gasteiger partial charge in [0.1, 0.15) is 16.4 Å². The van der Waals surface area contributed by atoms with Gasteiger partial charge in [-0.2, -0.15) is 0 Å². The number of ether oxygens (including phenoxy) is 1. The second-order valence-electron chi connectivity index (χ2n) is 5.48. The molecule has 0 spiro atoms. The molecule has 0 fully saturated rings. The molecule has 1 heterocycles. The molecule has 3 rings (SSSR count). The molecule has 0 aliphatic heterocycles. The molecule has 0 bridgehead atoms. The molecule has 0 unspecified atom stereocenters. The van der Waals surface area contributed by atoms with Crippen molar-refractivity contribution in [1.29, 1.82) is 0 Å². The first-order valence-electron chi connectivity index (χ1n) is 8.13. The Morgan fingerprint density at radius 3 is 2.74 bits per heavy atom. The molecule has 4 nitrogen and oxygen atoms in total. The number of anilines is 1. The maximum Gasteiger partial charge on any atom is 0.341 e. The molecule has 1 N–H and O–H groups in total. The predicted molar refractivity (Wildman–Crippen MR) is 107 cm³/mol. The largest absolute Gasteiger partial charge is 0.462 e. The molecule has 1 amide bonds. The van der Waals surface area contributed by atoms with Gasteiger partial charge in [-0.1, -0.05) is 35.9 Å². The van der Waals surface area contributed by atoms with Crippen LogP contribution >= 0.6 is 22.9 Å². The fourth-order valence-corrected chi connectivity index (χ4v) is 3.84. The fraction of sp³-hybridized carbons (Fsp3) is 0.100. The molecule has 0 radical (unpaired) electrons. The number of carbonyl (C=O) groups excluding carboxylic acids is 2. The Balaban J connectivity index is 1.90. The van der Waals surface area contributed by atoms with Crippen LogP contribution in [0.15, 0.2) is 48.5 Å². The summed E-state index contributed by atoms with van der Waals surface area (Å²) in [5.74, 6) is -1.54. The van der Waals surface area contributed by atoms with Gasteiger partial charge in [-0.3, -0.25) is 4.79 Å². The first-order valence-corrected chi connectivity index (χ1v) is 9.32. The minimum absolute atomic E-state index is 0.122. The van der Waals surface area contributed by atoms with E-state index in [9.17, 15) is 14.0 Å². The minimum atomic E-state index is -0.527. The van der Waals surface area contributed by atoms with Crippen molar-refractivity contribution in [3.63, 3.8) is 0 Å². The number of hydrogen-bond donors (Lipinski definition) is 1. The summed E-state index contributed by atoms with van der Waals surface area (Å²) in [6.45, 7) is 1.94. The summed E-state index contributed by atoms with van der Waals surface area (Å²) < 4.78 is 19.7. The maximum absolute atomic E-state index is 13.8. The standard InChI is InChI=1S/C20H15ClFNO3S/c1-2-26-20(25)18-13-6-3-4-9-16(13)27-19(18)23-17(24)11-10-12-14(21)7-5-8-15(12)22/h3-11H,2H2,1H3,(H,23,24). The highest BCUT2D eigenvalue weighted by Gasteiger charge is 2.21. The highest BCUT2D eigenvalue weighted by Crippen LogP contribution is 2.36. The van der Waals surface area contributed by atoms with E-state index in [2.05, 4.69) is 5.32 Å². The van der Waals surface area contributed by atoms with Gasteiger partial charge in [-0.25, -0.2) is 9.18 Å². The Kier molecular flexibility index (Phi) is 5.88. The normalized spacial score (nSPS) is 11.1. The number of benzene rings is 2. The molecular formula is C20H15ClFNO3S. The zero-order chi connectivity index (χ0) is 19.4. The summed E-state index contributed by atoms with van der Waals surface area (Å²) in [5, 5.41) is 3.96. The van der Waals surface area contributed by atoms with Crippen molar-refractivity contribution in [2.24, 2.45) is 0 Å². The van der Waals surface area contributed by atoms with Crippen molar-refractivity contribution in [2.45, 2.75) is 6.92 Å². The first kappa shape index (κ1) is 19.1. The molecule has 0 atom stereocenters. The van der Waals surface area contributed by atoms with Gasteiger partial charge >= 0.3 is 5.97 Å². The predicted octanol–water partition coefficient (Wildman–Crippen LogP) is 5.52. The number of rotatable bonds is 5. The summed E-state index contributed by atoms with van der Waals surface area (Å²) in [6.07, 6.45) is 2.47. The molecule has 2 aromatic carbocycles. The van der Waals surface area contributed by atoms with Crippen LogP contribution in [0.5, 0.6) is 0 Å². The lowest BCUT2D eigenvalue weighted by molar-refractivity contribution is -0.111. The number of amides is 1. The molecule has 0 saturated carbocycles. The van der Waals surface area contributed by atoms with Crippen LogP contribution in [-0.4, -0.2) is 18.5 Å². The average Bonchev–Trinajstić information content (AvgIpc) is 2.99. The van der Waals surface area contributed by atoms with Crippen LogP contribution in [0.25, 0.3) is 16.2 Å². The highest BCUT2D eigenvalue weighted by atomic mass is 35.5. The van der Waals surface area contributed by atoms with Crippen molar-refractivity contribution in [3.05, 3.63) is 70.5 Å². The van der Waals surface area contributed by atoms with Gasteiger partial charge in [-0.15, -0.1) is 11.3 Å². The summed E-state index contributed by atoms with van der Waals surface area (Å²) in [7, 11) is 0. The second-order valence-corrected chi connectivity index (χ2v) is 6.94. The van der Waals surface area contributed by atoms with E-state index in [1.54, 1.807) is 13.0 Å². The van der Waals surface area contributed by atoms with E-state index in [-0.39, 0.29) is 17.2 Å². The number of halogens is 2. The third-order valence-electron chi connectivity index (χ3n) is 3.71. The van der Waals surface area contributed by atoms with Crippen molar-refractivity contribution >= 4 is 56.0 Å². The number of carbonyl (C=O) groups is 2. The van der Waals surface area contributed by atoms with E-state index < -0.39 is 17.7 Å². The molecule has 3 aromatic rings. The van der Waals surface area contributed by atoms with Gasteiger partial charge in [0, 0.05) is 21.7 Å². The lowest BCUT2D eigenvalue weighted by Crippen LogP contribution is -2.12. The molecule has 0 aliphatic rings. The molecule has 27 heavy (non-hydrogen) atoms. The zero-order valence-electron chi connectivity index (χ0n) is 14.3. The molecule has 138 valence electrons. The van der Waals surface area contributed by atoms with Gasteiger partial charge in [0.15, 0.2) is 0 Å². The molecule has 1 aromatic heterocycles. The van der Waals surface area contributed by atoms with Gasteiger partial charge in [0.25, 0.3) is 0 Å². The van der Waals surface area contributed by atoms with Gasteiger partial charge in [0.2, 0.25) is 5.91 Å². The Labute approximate surface area is 164 Å². The van der Waals surface area contributed by atoms with Crippen LogP contribution < -0.4 is 5.32 Å². The van der Waals surface area contributed by atoms with E-state index in [4.69, 9.17) is 16.3 Å². The topological polar surface area (TPSA) is 55.4 Å². The zero-order valence-corrected chi connectivity index (χ0v) is 15.9. The smallest absolute Gasteiger partial charge is 0.341 e. The summed E-state index contributed by atoms with van der Waals surface area (Å²) >= 11 is 7.21. The molecule has 0 aliphatic carbocycles. The van der Waals surface area contributed by atoms with Crippen LogP contribution in [0, 0.1) is 5.82 Å². The van der Waals surface area contributed by atoms with Gasteiger partial charge in [-0.05, 0) is 31.2 Å². The van der Waals surface area contributed by atoms with E-state index >= 15 is 0 Å². The summed E-state index contributed by atoms with van der Waals surface area (Å²) in [4.78, 5) is 24.6. The fourth-order valence-electron chi connectivity index (χ4n) is 2.52. The quantitative estimate of drug-likeness (QED) is 0.450. The molecule has 0 saturated heterocycles. The van der Waals surface area contributed by atoms with Gasteiger partial charge < -0.3 is 10.1 Å². The van der Waals surface area contributed by atoms with Gasteiger partial charge in [0.05, 0.1) is 11.6 Å². The van der Waals surface area contributed by atoms with E-state index in [0.717, 1.165) is 4.70 Å². The van der Waals surface area contributed by atoms with Crippen LogP contribution in [0.4, 0.5) is 9.39 Å². The lowest BCUT2D eigenvalue weighted by atomic mass is 10.1. The third-order valence-corrected chi connectivity index (χ3v) is 5.13. The second kappa shape index (κ2) is 8.33. The summed E-state index contributed by atoms with van der Waals surface area (Å²) in [6, 6.07) is 11.6. The van der Waals surface area contributed by atoms with Crippen molar-refractivity contribution in [1.82, 2.24) is 0 Å². The number of hydrogen-bond acceptors (Lipinski definition) is 4. The van der Waals surface area contributed by atoms with E-state index in [1.807, 2.05) is 18.2 Å². The van der Waals surface area contributed by atoms with E-state index in [0.29, 0.717) is 16.0 Å².